The normalized spacial score (nSPS) is 10.3. The van der Waals surface area contributed by atoms with E-state index < -0.39 is 0 Å². The summed E-state index contributed by atoms with van der Waals surface area (Å²) in [5.74, 6) is 0.402. The third kappa shape index (κ3) is 3.10. The molecule has 0 aliphatic rings. The molecule has 0 amide bonds. The highest BCUT2D eigenvalue weighted by molar-refractivity contribution is 5.34. The van der Waals surface area contributed by atoms with E-state index >= 15 is 0 Å². The minimum absolute atomic E-state index is 0.402. The second-order valence-corrected chi connectivity index (χ2v) is 3.58. The van der Waals surface area contributed by atoms with Crippen LogP contribution >= 0.6 is 0 Å². The van der Waals surface area contributed by atoms with Crippen molar-refractivity contribution in [2.24, 2.45) is 0 Å². The summed E-state index contributed by atoms with van der Waals surface area (Å²) >= 11 is 0. The summed E-state index contributed by atoms with van der Waals surface area (Å²) in [6, 6.07) is 5.87. The fourth-order valence-electron chi connectivity index (χ4n) is 1.45. The number of unbranched alkanes of at least 4 members (excludes halogenated alkanes) is 2. The van der Waals surface area contributed by atoms with Crippen LogP contribution in [0.25, 0.3) is 0 Å². The molecular weight excluding hydrogens is 160 g/mol. The van der Waals surface area contributed by atoms with Gasteiger partial charge < -0.3 is 5.11 Å². The highest BCUT2D eigenvalue weighted by Crippen LogP contribution is 2.18. The van der Waals surface area contributed by atoms with Gasteiger partial charge in [-0.05, 0) is 37.0 Å². The van der Waals surface area contributed by atoms with E-state index in [0.717, 1.165) is 12.0 Å². The van der Waals surface area contributed by atoms with Crippen molar-refractivity contribution in [3.8, 4) is 5.75 Å². The molecule has 72 valence electrons. The number of hydrogen-bond acceptors (Lipinski definition) is 1. The summed E-state index contributed by atoms with van der Waals surface area (Å²) in [5, 5.41) is 9.32. The Morgan fingerprint density at radius 1 is 1.23 bits per heavy atom. The zero-order valence-corrected chi connectivity index (χ0v) is 8.51. The van der Waals surface area contributed by atoms with Crippen molar-refractivity contribution < 1.29 is 5.11 Å². The molecule has 1 heteroatoms. The summed E-state index contributed by atoms with van der Waals surface area (Å²) < 4.78 is 0. The molecule has 13 heavy (non-hydrogen) atoms. The quantitative estimate of drug-likeness (QED) is 0.700. The van der Waals surface area contributed by atoms with Crippen LogP contribution in [0.2, 0.25) is 0 Å². The lowest BCUT2D eigenvalue weighted by atomic mass is 10.0. The van der Waals surface area contributed by atoms with E-state index in [1.807, 2.05) is 13.0 Å². The Bertz CT molecular complexity index is 266. The van der Waals surface area contributed by atoms with Crippen molar-refractivity contribution >= 4 is 0 Å². The molecule has 0 saturated heterocycles. The number of phenols is 1. The topological polar surface area (TPSA) is 20.2 Å². The van der Waals surface area contributed by atoms with Gasteiger partial charge >= 0.3 is 0 Å². The van der Waals surface area contributed by atoms with Crippen LogP contribution in [-0.2, 0) is 6.42 Å². The van der Waals surface area contributed by atoms with Crippen molar-refractivity contribution in [1.29, 1.82) is 0 Å². The Balaban J connectivity index is 2.53. The van der Waals surface area contributed by atoms with Crippen molar-refractivity contribution in [3.63, 3.8) is 0 Å². The smallest absolute Gasteiger partial charge is 0.118 e. The first-order valence-corrected chi connectivity index (χ1v) is 5.02. The summed E-state index contributed by atoms with van der Waals surface area (Å²) in [6.45, 7) is 4.15. The van der Waals surface area contributed by atoms with Crippen LogP contribution in [-0.4, -0.2) is 5.11 Å². The molecule has 1 aromatic rings. The molecular formula is C12H18O. The van der Waals surface area contributed by atoms with Gasteiger partial charge in [0.25, 0.3) is 0 Å². The highest BCUT2D eigenvalue weighted by atomic mass is 16.3. The Kier molecular flexibility index (Phi) is 3.81. The Labute approximate surface area is 80.4 Å². The summed E-state index contributed by atoms with van der Waals surface area (Å²) in [5.41, 5.74) is 2.32. The van der Waals surface area contributed by atoms with Gasteiger partial charge in [0.1, 0.15) is 5.75 Å². The minimum Gasteiger partial charge on any atom is -0.508 e. The molecule has 1 rings (SSSR count). The number of hydrogen-bond donors (Lipinski definition) is 1. The lowest BCUT2D eigenvalue weighted by Gasteiger charge is -2.03. The summed E-state index contributed by atoms with van der Waals surface area (Å²) in [4.78, 5) is 0. The first kappa shape index (κ1) is 10.1. The van der Waals surface area contributed by atoms with Crippen LogP contribution < -0.4 is 0 Å². The van der Waals surface area contributed by atoms with Crippen molar-refractivity contribution in [3.05, 3.63) is 29.3 Å². The molecule has 1 nitrogen and oxygen atoms in total. The van der Waals surface area contributed by atoms with Gasteiger partial charge in [0, 0.05) is 0 Å². The van der Waals surface area contributed by atoms with Crippen LogP contribution in [0.4, 0.5) is 0 Å². The van der Waals surface area contributed by atoms with Crippen molar-refractivity contribution in [2.75, 3.05) is 0 Å². The Morgan fingerprint density at radius 3 is 2.62 bits per heavy atom. The minimum atomic E-state index is 0.402. The number of benzene rings is 1. The molecule has 0 aliphatic heterocycles. The average molecular weight is 178 g/mol. The number of rotatable bonds is 4. The third-order valence-electron chi connectivity index (χ3n) is 2.33. The molecule has 0 aliphatic carbocycles. The van der Waals surface area contributed by atoms with Crippen LogP contribution in [0.15, 0.2) is 18.2 Å². The van der Waals surface area contributed by atoms with Gasteiger partial charge in [0.05, 0.1) is 0 Å². The number of aryl methyl sites for hydroxylation is 2. The monoisotopic (exact) mass is 178 g/mol. The molecule has 0 spiro atoms. The summed E-state index contributed by atoms with van der Waals surface area (Å²) in [7, 11) is 0. The zero-order valence-electron chi connectivity index (χ0n) is 8.51. The first-order chi connectivity index (χ1) is 6.24. The molecule has 0 unspecified atom stereocenters. The fraction of sp³-hybridized carbons (Fsp3) is 0.500. The van der Waals surface area contributed by atoms with E-state index in [0.29, 0.717) is 5.75 Å². The molecule has 0 radical (unpaired) electrons. The van der Waals surface area contributed by atoms with Gasteiger partial charge in [-0.25, -0.2) is 0 Å². The zero-order chi connectivity index (χ0) is 9.68. The summed E-state index contributed by atoms with van der Waals surface area (Å²) in [6.07, 6.45) is 4.94. The van der Waals surface area contributed by atoms with Crippen molar-refractivity contribution in [2.45, 2.75) is 39.5 Å². The Morgan fingerprint density at radius 2 is 2.00 bits per heavy atom. The second-order valence-electron chi connectivity index (χ2n) is 3.58. The van der Waals surface area contributed by atoms with Gasteiger partial charge in [-0.3, -0.25) is 0 Å². The van der Waals surface area contributed by atoms with Crippen LogP contribution in [0, 0.1) is 6.92 Å². The molecule has 0 fully saturated rings. The number of aromatic hydroxyl groups is 1. The van der Waals surface area contributed by atoms with Crippen molar-refractivity contribution in [1.82, 2.24) is 0 Å². The largest absolute Gasteiger partial charge is 0.508 e. The van der Waals surface area contributed by atoms with E-state index in [1.165, 1.54) is 24.8 Å². The predicted octanol–water partition coefficient (Wildman–Crippen LogP) is 3.43. The molecule has 1 aromatic carbocycles. The van der Waals surface area contributed by atoms with E-state index in [1.54, 1.807) is 6.07 Å². The van der Waals surface area contributed by atoms with E-state index in [2.05, 4.69) is 13.0 Å². The molecule has 0 aromatic heterocycles. The molecule has 0 heterocycles. The molecule has 1 N–H and O–H groups in total. The first-order valence-electron chi connectivity index (χ1n) is 5.02. The van der Waals surface area contributed by atoms with Gasteiger partial charge in [-0.15, -0.1) is 0 Å². The van der Waals surface area contributed by atoms with Gasteiger partial charge in [0.2, 0.25) is 0 Å². The molecule has 0 atom stereocenters. The molecule has 0 saturated carbocycles. The average Bonchev–Trinajstić information content (AvgIpc) is 2.12. The maximum Gasteiger partial charge on any atom is 0.118 e. The number of phenolic OH excluding ortho intramolecular Hbond substituents is 1. The lowest BCUT2D eigenvalue weighted by Crippen LogP contribution is -1.86. The predicted molar refractivity (Wildman–Crippen MR) is 56.1 cm³/mol. The lowest BCUT2D eigenvalue weighted by molar-refractivity contribution is 0.471. The third-order valence-corrected chi connectivity index (χ3v) is 2.33. The fourth-order valence-corrected chi connectivity index (χ4v) is 1.45. The highest BCUT2D eigenvalue weighted by Gasteiger charge is 1.97. The Hall–Kier alpha value is -0.980. The van der Waals surface area contributed by atoms with E-state index in [-0.39, 0.29) is 0 Å². The SMILES string of the molecule is CCCCCc1ccc(O)c(C)c1. The standard InChI is InChI=1S/C12H18O/c1-3-4-5-6-11-7-8-12(13)10(2)9-11/h7-9,13H,3-6H2,1-2H3. The second kappa shape index (κ2) is 4.90. The van der Waals surface area contributed by atoms with Crippen LogP contribution in [0.5, 0.6) is 5.75 Å². The maximum atomic E-state index is 9.32. The van der Waals surface area contributed by atoms with Crippen LogP contribution in [0.3, 0.4) is 0 Å². The van der Waals surface area contributed by atoms with Crippen LogP contribution in [0.1, 0.15) is 37.3 Å². The van der Waals surface area contributed by atoms with E-state index in [9.17, 15) is 5.11 Å². The maximum absolute atomic E-state index is 9.32. The van der Waals surface area contributed by atoms with Gasteiger partial charge in [0.15, 0.2) is 0 Å². The van der Waals surface area contributed by atoms with Gasteiger partial charge in [-0.1, -0.05) is 31.9 Å². The molecule has 0 bridgehead atoms. The van der Waals surface area contributed by atoms with E-state index in [4.69, 9.17) is 0 Å². The van der Waals surface area contributed by atoms with Gasteiger partial charge in [-0.2, -0.15) is 0 Å².